The van der Waals surface area contributed by atoms with Gasteiger partial charge in [-0.2, -0.15) is 0 Å². The van der Waals surface area contributed by atoms with Crippen LogP contribution < -0.4 is 4.74 Å². The van der Waals surface area contributed by atoms with Crippen LogP contribution in [0.25, 0.3) is 11.1 Å². The minimum absolute atomic E-state index is 0.205. The van der Waals surface area contributed by atoms with Gasteiger partial charge in [-0.3, -0.25) is 0 Å². The van der Waals surface area contributed by atoms with Crippen molar-refractivity contribution in [3.63, 3.8) is 0 Å². The van der Waals surface area contributed by atoms with E-state index >= 15 is 0 Å². The topological polar surface area (TPSA) is 26.3 Å². The normalized spacial score (nSPS) is 12.0. The average molecular weight is 479 g/mol. The number of halogens is 1. The molecule has 0 aliphatic rings. The summed E-state index contributed by atoms with van der Waals surface area (Å²) in [6.07, 6.45) is 6.31. The Bertz CT molecular complexity index is 1310. The van der Waals surface area contributed by atoms with Crippen LogP contribution in [0.2, 0.25) is 0 Å². The molecule has 4 aromatic rings. The predicted molar refractivity (Wildman–Crippen MR) is 145 cm³/mol. The molecular formula is C33H31FO2. The molecule has 0 heterocycles. The van der Waals surface area contributed by atoms with E-state index in [0.717, 1.165) is 24.0 Å². The van der Waals surface area contributed by atoms with E-state index in [1.807, 2.05) is 37.3 Å². The van der Waals surface area contributed by atoms with E-state index in [4.69, 9.17) is 4.74 Å². The number of carbonyl (C=O) groups excluding carboxylic acids is 1. The second-order valence-electron chi connectivity index (χ2n) is 9.04. The molecule has 0 amide bonds. The lowest BCUT2D eigenvalue weighted by atomic mass is 9.93. The lowest BCUT2D eigenvalue weighted by Gasteiger charge is -2.12. The number of aryl methyl sites for hydroxylation is 1. The second kappa shape index (κ2) is 12.1. The Morgan fingerprint density at radius 2 is 1.56 bits per heavy atom. The standard InChI is InChI=1S/C33H31FO2/c1-3-4-6-11-29-20-21-31(23-32(29)34)36-33(35)30-18-16-28(17-19-30)27-14-12-25(13-15-27)22-24(2)26-9-7-5-8-10-26/h3-5,7-10,12-21,23-24H,6,11,22H2,1-2H3/t24-/m1/s1. The van der Waals surface area contributed by atoms with Crippen molar-refractivity contribution < 1.29 is 13.9 Å². The van der Waals surface area contributed by atoms with Gasteiger partial charge >= 0.3 is 5.97 Å². The third-order valence-electron chi connectivity index (χ3n) is 6.37. The maximum atomic E-state index is 14.3. The zero-order valence-corrected chi connectivity index (χ0v) is 20.8. The van der Waals surface area contributed by atoms with Crippen LogP contribution >= 0.6 is 0 Å². The molecule has 0 aromatic heterocycles. The first-order chi connectivity index (χ1) is 17.5. The molecule has 3 heteroatoms. The quantitative estimate of drug-likeness (QED) is 0.137. The zero-order valence-electron chi connectivity index (χ0n) is 20.8. The predicted octanol–water partition coefficient (Wildman–Crippen LogP) is 8.57. The fourth-order valence-corrected chi connectivity index (χ4v) is 4.25. The van der Waals surface area contributed by atoms with Gasteiger partial charge in [-0.15, -0.1) is 0 Å². The molecular weight excluding hydrogens is 447 g/mol. The van der Waals surface area contributed by atoms with Crippen LogP contribution in [-0.2, 0) is 12.8 Å². The van der Waals surface area contributed by atoms with Crippen molar-refractivity contribution in [1.82, 2.24) is 0 Å². The highest BCUT2D eigenvalue weighted by Gasteiger charge is 2.12. The molecule has 4 aromatic carbocycles. The fourth-order valence-electron chi connectivity index (χ4n) is 4.25. The highest BCUT2D eigenvalue weighted by atomic mass is 19.1. The Kier molecular flexibility index (Phi) is 8.46. The summed E-state index contributed by atoms with van der Waals surface area (Å²) in [4.78, 5) is 12.6. The van der Waals surface area contributed by atoms with Crippen molar-refractivity contribution >= 4 is 5.97 Å². The lowest BCUT2D eigenvalue weighted by Crippen LogP contribution is -2.08. The molecule has 182 valence electrons. The second-order valence-corrected chi connectivity index (χ2v) is 9.04. The van der Waals surface area contributed by atoms with E-state index in [9.17, 15) is 9.18 Å². The van der Waals surface area contributed by atoms with Gasteiger partial charge in [0.15, 0.2) is 0 Å². The number of ether oxygens (including phenoxy) is 1. The van der Waals surface area contributed by atoms with Gasteiger partial charge < -0.3 is 4.74 Å². The van der Waals surface area contributed by atoms with Crippen molar-refractivity contribution in [2.24, 2.45) is 0 Å². The highest BCUT2D eigenvalue weighted by molar-refractivity contribution is 5.91. The monoisotopic (exact) mass is 478 g/mol. The minimum Gasteiger partial charge on any atom is -0.423 e. The van der Waals surface area contributed by atoms with E-state index in [0.29, 0.717) is 23.5 Å². The average Bonchev–Trinajstić information content (AvgIpc) is 2.91. The first kappa shape index (κ1) is 25.1. The van der Waals surface area contributed by atoms with Crippen molar-refractivity contribution in [2.45, 2.75) is 39.0 Å². The molecule has 0 aliphatic heterocycles. The molecule has 0 aliphatic carbocycles. The van der Waals surface area contributed by atoms with Gasteiger partial charge in [-0.25, -0.2) is 9.18 Å². The molecule has 0 saturated carbocycles. The molecule has 0 fully saturated rings. The number of esters is 1. The number of carbonyl (C=O) groups is 1. The van der Waals surface area contributed by atoms with Crippen LogP contribution in [0.1, 0.15) is 53.2 Å². The van der Waals surface area contributed by atoms with Crippen LogP contribution in [0.3, 0.4) is 0 Å². The Morgan fingerprint density at radius 3 is 2.19 bits per heavy atom. The van der Waals surface area contributed by atoms with E-state index in [1.54, 1.807) is 24.3 Å². The van der Waals surface area contributed by atoms with Gasteiger partial charge in [0.25, 0.3) is 0 Å². The summed E-state index contributed by atoms with van der Waals surface area (Å²) in [5, 5.41) is 0. The van der Waals surface area contributed by atoms with E-state index in [2.05, 4.69) is 55.5 Å². The summed E-state index contributed by atoms with van der Waals surface area (Å²) in [6, 6.07) is 31.0. The van der Waals surface area contributed by atoms with Crippen molar-refractivity contribution in [1.29, 1.82) is 0 Å². The third-order valence-corrected chi connectivity index (χ3v) is 6.37. The van der Waals surface area contributed by atoms with Crippen molar-refractivity contribution in [2.75, 3.05) is 0 Å². The summed E-state index contributed by atoms with van der Waals surface area (Å²) in [5.74, 6) is -0.212. The van der Waals surface area contributed by atoms with Crippen LogP contribution in [0.15, 0.2) is 109 Å². The molecule has 0 saturated heterocycles. The number of rotatable bonds is 9. The van der Waals surface area contributed by atoms with Crippen molar-refractivity contribution in [3.05, 3.63) is 137 Å². The number of allylic oxidation sites excluding steroid dienone is 2. The molecule has 4 rings (SSSR count). The molecule has 0 radical (unpaired) electrons. The van der Waals surface area contributed by atoms with E-state index < -0.39 is 5.97 Å². The van der Waals surface area contributed by atoms with Crippen molar-refractivity contribution in [3.8, 4) is 16.9 Å². The van der Waals surface area contributed by atoms with Crippen LogP contribution in [0.4, 0.5) is 4.39 Å². The summed E-state index contributed by atoms with van der Waals surface area (Å²) in [7, 11) is 0. The summed E-state index contributed by atoms with van der Waals surface area (Å²) >= 11 is 0. The SMILES string of the molecule is CC=CCCc1ccc(OC(=O)c2ccc(-c3ccc(C[C@@H](C)c4ccccc4)cc3)cc2)cc1F. The molecule has 0 N–H and O–H groups in total. The summed E-state index contributed by atoms with van der Waals surface area (Å²) < 4.78 is 19.7. The highest BCUT2D eigenvalue weighted by Crippen LogP contribution is 2.25. The number of benzene rings is 4. The molecule has 0 spiro atoms. The zero-order chi connectivity index (χ0) is 25.3. The maximum Gasteiger partial charge on any atom is 0.343 e. The Balaban J connectivity index is 1.36. The first-order valence-corrected chi connectivity index (χ1v) is 12.4. The van der Waals surface area contributed by atoms with Crippen LogP contribution in [0.5, 0.6) is 5.75 Å². The summed E-state index contributed by atoms with van der Waals surface area (Å²) in [6.45, 7) is 4.19. The van der Waals surface area contributed by atoms with Gasteiger partial charge in [-0.1, -0.05) is 91.9 Å². The Morgan fingerprint density at radius 1 is 0.889 bits per heavy atom. The van der Waals surface area contributed by atoms with E-state index in [1.165, 1.54) is 17.2 Å². The van der Waals surface area contributed by atoms with Gasteiger partial charge in [0, 0.05) is 6.07 Å². The largest absolute Gasteiger partial charge is 0.423 e. The fraction of sp³-hybridized carbons (Fsp3) is 0.182. The third kappa shape index (κ3) is 6.57. The van der Waals surface area contributed by atoms with Gasteiger partial charge in [-0.05, 0) is 78.1 Å². The van der Waals surface area contributed by atoms with Crippen LogP contribution in [0, 0.1) is 5.82 Å². The molecule has 36 heavy (non-hydrogen) atoms. The summed E-state index contributed by atoms with van der Waals surface area (Å²) in [5.41, 5.74) is 5.76. The Hall–Kier alpha value is -3.98. The molecule has 1 atom stereocenters. The van der Waals surface area contributed by atoms with E-state index in [-0.39, 0.29) is 11.6 Å². The van der Waals surface area contributed by atoms with Gasteiger partial charge in [0.2, 0.25) is 0 Å². The number of hydrogen-bond donors (Lipinski definition) is 0. The van der Waals surface area contributed by atoms with Gasteiger partial charge in [0.1, 0.15) is 11.6 Å². The number of hydrogen-bond acceptors (Lipinski definition) is 2. The van der Waals surface area contributed by atoms with Crippen LogP contribution in [-0.4, -0.2) is 5.97 Å². The molecule has 0 unspecified atom stereocenters. The maximum absolute atomic E-state index is 14.3. The smallest absolute Gasteiger partial charge is 0.343 e. The Labute approximate surface area is 213 Å². The molecule has 0 bridgehead atoms. The molecule has 2 nitrogen and oxygen atoms in total. The van der Waals surface area contributed by atoms with Gasteiger partial charge in [0.05, 0.1) is 5.56 Å². The minimum atomic E-state index is -0.507. The first-order valence-electron chi connectivity index (χ1n) is 12.4. The lowest BCUT2D eigenvalue weighted by molar-refractivity contribution is 0.0734.